The minimum atomic E-state index is 0.511. The topological polar surface area (TPSA) is 12.0 Å². The highest BCUT2D eigenvalue weighted by Crippen LogP contribution is 2.24. The Bertz CT molecular complexity index is 309. The van der Waals surface area contributed by atoms with Gasteiger partial charge in [-0.2, -0.15) is 0 Å². The second-order valence-electron chi connectivity index (χ2n) is 3.89. The Morgan fingerprint density at radius 2 is 2.07 bits per heavy atom. The lowest BCUT2D eigenvalue weighted by atomic mass is 10.0. The maximum atomic E-state index is 3.60. The first-order chi connectivity index (χ1) is 7.20. The molecule has 1 atom stereocenters. The maximum absolute atomic E-state index is 3.60. The number of benzene rings is 1. The van der Waals surface area contributed by atoms with Crippen LogP contribution in [-0.4, -0.2) is 6.54 Å². The Kier molecular flexibility index (Phi) is 5.61. The molecule has 0 aliphatic rings. The number of hydrogen-bond acceptors (Lipinski definition) is 1. The highest BCUT2D eigenvalue weighted by atomic mass is 127. The molecule has 0 amide bonds. The van der Waals surface area contributed by atoms with Gasteiger partial charge in [-0.3, -0.25) is 0 Å². The van der Waals surface area contributed by atoms with E-state index in [1.54, 1.807) is 0 Å². The quantitative estimate of drug-likeness (QED) is 0.808. The van der Waals surface area contributed by atoms with E-state index in [1.165, 1.54) is 21.1 Å². The third-order valence-electron chi connectivity index (χ3n) is 2.65. The van der Waals surface area contributed by atoms with Crippen molar-refractivity contribution in [2.45, 2.75) is 39.7 Å². The van der Waals surface area contributed by atoms with Gasteiger partial charge in [0.1, 0.15) is 0 Å². The normalized spacial score (nSPS) is 12.8. The van der Waals surface area contributed by atoms with Crippen molar-refractivity contribution >= 4 is 22.6 Å². The zero-order valence-corrected chi connectivity index (χ0v) is 12.0. The third-order valence-corrected chi connectivity index (χ3v) is 4.12. The number of halogens is 1. The van der Waals surface area contributed by atoms with Crippen molar-refractivity contribution in [2.75, 3.05) is 6.54 Å². The molecule has 0 aliphatic carbocycles. The SMILES string of the molecule is CCCNC(CC)c1cccc(C)c1I. The Balaban J connectivity index is 2.86. The molecule has 1 unspecified atom stereocenters. The minimum Gasteiger partial charge on any atom is -0.310 e. The first-order valence-electron chi connectivity index (χ1n) is 5.69. The standard InChI is InChI=1S/C13H20IN/c1-4-9-15-12(5-2)11-8-6-7-10(3)13(11)14/h6-8,12,15H,4-5,9H2,1-3H3. The second kappa shape index (κ2) is 6.48. The molecule has 2 heteroatoms. The van der Waals surface area contributed by atoms with Crippen LogP contribution < -0.4 is 5.32 Å². The predicted octanol–water partition coefficient (Wildman–Crippen LogP) is 4.05. The Labute approximate surface area is 107 Å². The van der Waals surface area contributed by atoms with Gasteiger partial charge < -0.3 is 5.32 Å². The summed E-state index contributed by atoms with van der Waals surface area (Å²) in [6.45, 7) is 7.73. The monoisotopic (exact) mass is 317 g/mol. The molecule has 0 aliphatic heterocycles. The summed E-state index contributed by atoms with van der Waals surface area (Å²) in [7, 11) is 0. The van der Waals surface area contributed by atoms with E-state index in [0.29, 0.717) is 6.04 Å². The van der Waals surface area contributed by atoms with Crippen molar-refractivity contribution in [3.05, 3.63) is 32.9 Å². The van der Waals surface area contributed by atoms with Crippen LogP contribution in [0.25, 0.3) is 0 Å². The molecule has 0 aromatic heterocycles. The van der Waals surface area contributed by atoms with Crippen LogP contribution in [-0.2, 0) is 0 Å². The van der Waals surface area contributed by atoms with Crippen LogP contribution in [0.2, 0.25) is 0 Å². The summed E-state index contributed by atoms with van der Waals surface area (Å²) in [5.74, 6) is 0. The smallest absolute Gasteiger partial charge is 0.0328 e. The van der Waals surface area contributed by atoms with Crippen molar-refractivity contribution in [3.8, 4) is 0 Å². The summed E-state index contributed by atoms with van der Waals surface area (Å²) in [6.07, 6.45) is 2.35. The van der Waals surface area contributed by atoms with Crippen LogP contribution in [0, 0.1) is 10.5 Å². The van der Waals surface area contributed by atoms with Crippen molar-refractivity contribution in [2.24, 2.45) is 0 Å². The minimum absolute atomic E-state index is 0.511. The van der Waals surface area contributed by atoms with E-state index in [0.717, 1.165) is 13.0 Å². The molecule has 0 fully saturated rings. The van der Waals surface area contributed by atoms with Gasteiger partial charge in [0.2, 0.25) is 0 Å². The van der Waals surface area contributed by atoms with Crippen LogP contribution >= 0.6 is 22.6 Å². The van der Waals surface area contributed by atoms with Crippen molar-refractivity contribution in [1.29, 1.82) is 0 Å². The summed E-state index contributed by atoms with van der Waals surface area (Å²) in [4.78, 5) is 0. The molecule has 0 saturated carbocycles. The average molecular weight is 317 g/mol. The van der Waals surface area contributed by atoms with Gasteiger partial charge in [-0.1, -0.05) is 32.0 Å². The maximum Gasteiger partial charge on any atom is 0.0328 e. The summed E-state index contributed by atoms with van der Waals surface area (Å²) in [5.41, 5.74) is 2.83. The van der Waals surface area contributed by atoms with Gasteiger partial charge in [0.05, 0.1) is 0 Å². The van der Waals surface area contributed by atoms with Gasteiger partial charge in [0, 0.05) is 9.61 Å². The van der Waals surface area contributed by atoms with Crippen LogP contribution in [0.5, 0.6) is 0 Å². The van der Waals surface area contributed by atoms with E-state index in [4.69, 9.17) is 0 Å². The largest absolute Gasteiger partial charge is 0.310 e. The average Bonchev–Trinajstić information content (AvgIpc) is 2.25. The predicted molar refractivity (Wildman–Crippen MR) is 75.2 cm³/mol. The molecular weight excluding hydrogens is 297 g/mol. The lowest BCUT2D eigenvalue weighted by molar-refractivity contribution is 0.516. The molecule has 0 spiro atoms. The molecule has 1 nitrogen and oxygen atoms in total. The van der Waals surface area contributed by atoms with Gasteiger partial charge in [0.25, 0.3) is 0 Å². The summed E-state index contributed by atoms with van der Waals surface area (Å²) in [5, 5.41) is 3.60. The lowest BCUT2D eigenvalue weighted by Gasteiger charge is -2.19. The molecule has 1 aromatic carbocycles. The van der Waals surface area contributed by atoms with E-state index in [-0.39, 0.29) is 0 Å². The van der Waals surface area contributed by atoms with Crippen LogP contribution in [0.15, 0.2) is 18.2 Å². The van der Waals surface area contributed by atoms with E-state index < -0.39 is 0 Å². The van der Waals surface area contributed by atoms with Crippen LogP contribution in [0.4, 0.5) is 0 Å². The van der Waals surface area contributed by atoms with E-state index in [1.807, 2.05) is 0 Å². The molecule has 15 heavy (non-hydrogen) atoms. The Morgan fingerprint density at radius 3 is 2.67 bits per heavy atom. The fourth-order valence-corrected chi connectivity index (χ4v) is 2.47. The van der Waals surface area contributed by atoms with Gasteiger partial charge in [-0.15, -0.1) is 0 Å². The zero-order valence-electron chi connectivity index (χ0n) is 9.81. The third kappa shape index (κ3) is 3.45. The van der Waals surface area contributed by atoms with Gasteiger partial charge in [-0.25, -0.2) is 0 Å². The fourth-order valence-electron chi connectivity index (χ4n) is 1.73. The fraction of sp³-hybridized carbons (Fsp3) is 0.538. The number of hydrogen-bond donors (Lipinski definition) is 1. The Hall–Kier alpha value is -0.0900. The van der Waals surface area contributed by atoms with Crippen molar-refractivity contribution in [3.63, 3.8) is 0 Å². The molecule has 0 bridgehead atoms. The highest BCUT2D eigenvalue weighted by Gasteiger charge is 2.12. The highest BCUT2D eigenvalue weighted by molar-refractivity contribution is 14.1. The molecule has 84 valence electrons. The number of aryl methyl sites for hydroxylation is 1. The number of rotatable bonds is 5. The molecule has 1 N–H and O–H groups in total. The summed E-state index contributed by atoms with van der Waals surface area (Å²) >= 11 is 2.46. The van der Waals surface area contributed by atoms with Gasteiger partial charge in [0.15, 0.2) is 0 Å². The van der Waals surface area contributed by atoms with Gasteiger partial charge in [-0.05, 0) is 60.0 Å². The lowest BCUT2D eigenvalue weighted by Crippen LogP contribution is -2.22. The van der Waals surface area contributed by atoms with Crippen LogP contribution in [0.3, 0.4) is 0 Å². The van der Waals surface area contributed by atoms with Crippen molar-refractivity contribution < 1.29 is 0 Å². The molecular formula is C13H20IN. The first kappa shape index (κ1) is 13.0. The van der Waals surface area contributed by atoms with Crippen molar-refractivity contribution in [1.82, 2.24) is 5.32 Å². The first-order valence-corrected chi connectivity index (χ1v) is 6.77. The molecule has 1 aromatic rings. The number of nitrogens with one attached hydrogen (secondary N) is 1. The molecule has 0 heterocycles. The molecule has 0 saturated heterocycles. The van der Waals surface area contributed by atoms with E-state index in [2.05, 4.69) is 66.9 Å². The zero-order chi connectivity index (χ0) is 11.3. The van der Waals surface area contributed by atoms with E-state index >= 15 is 0 Å². The Morgan fingerprint density at radius 1 is 1.33 bits per heavy atom. The molecule has 1 rings (SSSR count). The van der Waals surface area contributed by atoms with Crippen LogP contribution in [0.1, 0.15) is 43.9 Å². The summed E-state index contributed by atoms with van der Waals surface area (Å²) < 4.78 is 1.41. The second-order valence-corrected chi connectivity index (χ2v) is 4.97. The molecule has 0 radical (unpaired) electrons. The van der Waals surface area contributed by atoms with E-state index in [9.17, 15) is 0 Å². The summed E-state index contributed by atoms with van der Waals surface area (Å²) in [6, 6.07) is 7.09. The van der Waals surface area contributed by atoms with Gasteiger partial charge >= 0.3 is 0 Å².